The first kappa shape index (κ1) is 27.7. The summed E-state index contributed by atoms with van der Waals surface area (Å²) in [5.41, 5.74) is 0.526. The lowest BCUT2D eigenvalue weighted by Gasteiger charge is -2.13. The zero-order chi connectivity index (χ0) is 30.0. The molecule has 210 valence electrons. The van der Waals surface area contributed by atoms with Crippen molar-refractivity contribution in [1.82, 2.24) is 18.7 Å². The third kappa shape index (κ3) is 4.93. The molecule has 0 bridgehead atoms. The van der Waals surface area contributed by atoms with Crippen molar-refractivity contribution in [1.29, 1.82) is 5.26 Å². The number of amides is 1. The summed E-state index contributed by atoms with van der Waals surface area (Å²) in [5, 5.41) is 12.5. The number of nitrogens with one attached hydrogen (secondary N) is 1. The molecule has 0 fully saturated rings. The van der Waals surface area contributed by atoms with Crippen LogP contribution in [0.2, 0.25) is 0 Å². The van der Waals surface area contributed by atoms with Crippen LogP contribution in [0.25, 0.3) is 17.4 Å². The van der Waals surface area contributed by atoms with Gasteiger partial charge in [-0.05, 0) is 55.8 Å². The summed E-state index contributed by atoms with van der Waals surface area (Å²) in [5.74, 6) is -0.322. The highest BCUT2D eigenvalue weighted by atomic mass is 16.5. The van der Waals surface area contributed by atoms with Crippen LogP contribution >= 0.6 is 0 Å². The molecule has 2 aromatic carbocycles. The van der Waals surface area contributed by atoms with Gasteiger partial charge in [0.25, 0.3) is 17.0 Å². The van der Waals surface area contributed by atoms with Gasteiger partial charge in [-0.15, -0.1) is 0 Å². The maximum Gasteiger partial charge on any atom is 0.295 e. The van der Waals surface area contributed by atoms with E-state index in [9.17, 15) is 19.6 Å². The number of aromatic nitrogens is 4. The summed E-state index contributed by atoms with van der Waals surface area (Å²) < 4.78 is 15.7. The second-order valence-corrected chi connectivity index (χ2v) is 9.33. The van der Waals surface area contributed by atoms with E-state index >= 15 is 0 Å². The lowest BCUT2D eigenvalue weighted by atomic mass is 10.1. The Hall–Kier alpha value is -5.89. The van der Waals surface area contributed by atoms with Crippen molar-refractivity contribution >= 4 is 23.3 Å². The molecule has 1 amide bonds. The Bertz CT molecular complexity index is 2030. The summed E-state index contributed by atoms with van der Waals surface area (Å²) in [6.07, 6.45) is 2.64. The Morgan fingerprint density at radius 1 is 0.976 bits per heavy atom. The number of fused-ring (bicyclic) bond motifs is 1. The highest BCUT2D eigenvalue weighted by Gasteiger charge is 2.22. The molecule has 0 saturated heterocycles. The molecule has 3 heterocycles. The summed E-state index contributed by atoms with van der Waals surface area (Å²) in [7, 11) is 3.16. The van der Waals surface area contributed by atoms with Crippen molar-refractivity contribution in [3.05, 3.63) is 116 Å². The molecule has 0 aliphatic heterocycles. The molecule has 0 radical (unpaired) electrons. The Morgan fingerprint density at radius 2 is 1.67 bits per heavy atom. The number of nitriles is 1. The zero-order valence-corrected chi connectivity index (χ0v) is 23.3. The minimum absolute atomic E-state index is 0.00183. The van der Waals surface area contributed by atoms with E-state index in [1.165, 1.54) is 22.4 Å². The number of hydrogen-bond donors (Lipinski definition) is 1. The number of rotatable bonds is 7. The second kappa shape index (κ2) is 11.3. The number of carbonyl (C=O) groups excluding carboxylic acids is 1. The Balaban J connectivity index is 1.61. The van der Waals surface area contributed by atoms with Gasteiger partial charge in [0.1, 0.15) is 28.5 Å². The number of para-hydroxylation sites is 3. The van der Waals surface area contributed by atoms with Crippen LogP contribution in [0, 0.1) is 25.2 Å². The van der Waals surface area contributed by atoms with Gasteiger partial charge in [-0.3, -0.25) is 23.5 Å². The maximum absolute atomic E-state index is 13.7. The summed E-state index contributed by atoms with van der Waals surface area (Å²) in [6.45, 7) is 3.47. The standard InChI is InChI=1S/C31H26N6O5/c1-19-11-10-16-36-27(19)34-29(42-25-15-9-8-14-24(25)41-4)23(30(36)39)17-21(18-32)28(38)33-26-20(2)35(3)37(31(26)40)22-12-6-5-7-13-22/h5-17H,1-4H3,(H,33,38)/b21-17+. The summed E-state index contributed by atoms with van der Waals surface area (Å²) in [4.78, 5) is 44.9. The van der Waals surface area contributed by atoms with Crippen LogP contribution in [-0.2, 0) is 11.8 Å². The molecule has 5 rings (SSSR count). The molecule has 11 nitrogen and oxygen atoms in total. The Morgan fingerprint density at radius 3 is 2.36 bits per heavy atom. The van der Waals surface area contributed by atoms with Gasteiger partial charge in [-0.1, -0.05) is 36.4 Å². The van der Waals surface area contributed by atoms with Crippen molar-refractivity contribution in [2.75, 3.05) is 12.4 Å². The number of anilines is 1. The van der Waals surface area contributed by atoms with Gasteiger partial charge < -0.3 is 14.8 Å². The predicted octanol–water partition coefficient (Wildman–Crippen LogP) is 4.15. The van der Waals surface area contributed by atoms with Crippen molar-refractivity contribution in [2.45, 2.75) is 13.8 Å². The van der Waals surface area contributed by atoms with E-state index < -0.39 is 22.6 Å². The van der Waals surface area contributed by atoms with E-state index in [0.29, 0.717) is 28.3 Å². The fourth-order valence-corrected chi connectivity index (χ4v) is 4.49. The summed E-state index contributed by atoms with van der Waals surface area (Å²) >= 11 is 0. The third-order valence-electron chi connectivity index (χ3n) is 6.77. The minimum Gasteiger partial charge on any atom is -0.493 e. The largest absolute Gasteiger partial charge is 0.493 e. The lowest BCUT2D eigenvalue weighted by molar-refractivity contribution is -0.112. The molecule has 42 heavy (non-hydrogen) atoms. The molecule has 3 aromatic heterocycles. The number of aryl methyl sites for hydroxylation is 1. The topological polar surface area (TPSA) is 133 Å². The van der Waals surface area contributed by atoms with Gasteiger partial charge in [0.2, 0.25) is 5.88 Å². The number of nitrogens with zero attached hydrogens (tertiary/aromatic N) is 5. The van der Waals surface area contributed by atoms with E-state index in [-0.39, 0.29) is 22.9 Å². The predicted molar refractivity (Wildman–Crippen MR) is 157 cm³/mol. The quantitative estimate of drug-likeness (QED) is 0.233. The molecule has 0 spiro atoms. The monoisotopic (exact) mass is 562 g/mol. The maximum atomic E-state index is 13.7. The van der Waals surface area contributed by atoms with Crippen molar-refractivity contribution in [2.24, 2.45) is 7.05 Å². The van der Waals surface area contributed by atoms with Gasteiger partial charge in [0, 0.05) is 13.2 Å². The van der Waals surface area contributed by atoms with E-state index in [1.807, 2.05) is 12.1 Å². The molecule has 11 heteroatoms. The SMILES string of the molecule is COc1ccccc1Oc1nc2c(C)cccn2c(=O)c1/C=C(\C#N)C(=O)Nc1c(C)n(C)n(-c2ccccc2)c1=O. The zero-order valence-electron chi connectivity index (χ0n) is 23.3. The molecule has 0 saturated carbocycles. The smallest absolute Gasteiger partial charge is 0.295 e. The van der Waals surface area contributed by atoms with Gasteiger partial charge in [0.05, 0.1) is 18.5 Å². The Labute approximate surface area is 240 Å². The van der Waals surface area contributed by atoms with E-state index in [0.717, 1.165) is 6.08 Å². The van der Waals surface area contributed by atoms with Crippen LogP contribution in [0.3, 0.4) is 0 Å². The highest BCUT2D eigenvalue weighted by molar-refractivity contribution is 6.10. The van der Waals surface area contributed by atoms with Gasteiger partial charge in [-0.2, -0.15) is 10.2 Å². The fraction of sp³-hybridized carbons (Fsp3) is 0.129. The lowest BCUT2D eigenvalue weighted by Crippen LogP contribution is -2.24. The normalized spacial score (nSPS) is 11.3. The van der Waals surface area contributed by atoms with Crippen molar-refractivity contribution in [3.8, 4) is 29.1 Å². The number of pyridine rings is 1. The van der Waals surface area contributed by atoms with Crippen LogP contribution in [0.15, 0.2) is 88.1 Å². The number of hydrogen-bond acceptors (Lipinski definition) is 7. The molecular weight excluding hydrogens is 536 g/mol. The molecule has 0 aliphatic carbocycles. The van der Waals surface area contributed by atoms with Crippen LogP contribution < -0.4 is 25.9 Å². The first-order valence-corrected chi connectivity index (χ1v) is 12.8. The first-order chi connectivity index (χ1) is 20.2. The average Bonchev–Trinajstić information content (AvgIpc) is 3.21. The number of carbonyl (C=O) groups is 1. The van der Waals surface area contributed by atoms with E-state index in [1.54, 1.807) is 86.2 Å². The highest BCUT2D eigenvalue weighted by Crippen LogP contribution is 2.32. The van der Waals surface area contributed by atoms with Crippen LogP contribution in [0.5, 0.6) is 17.4 Å². The molecular formula is C31H26N6O5. The molecule has 0 unspecified atom stereocenters. The Kier molecular flexibility index (Phi) is 7.45. The van der Waals surface area contributed by atoms with Gasteiger partial charge in [0.15, 0.2) is 11.5 Å². The third-order valence-corrected chi connectivity index (χ3v) is 6.77. The average molecular weight is 563 g/mol. The molecule has 0 aliphatic rings. The number of ether oxygens (including phenoxy) is 2. The van der Waals surface area contributed by atoms with Crippen molar-refractivity contribution < 1.29 is 14.3 Å². The second-order valence-electron chi connectivity index (χ2n) is 9.33. The fourth-order valence-electron chi connectivity index (χ4n) is 4.49. The number of methoxy groups -OCH3 is 1. The number of benzene rings is 2. The van der Waals surface area contributed by atoms with Crippen molar-refractivity contribution in [3.63, 3.8) is 0 Å². The summed E-state index contributed by atoms with van der Waals surface area (Å²) in [6, 6.07) is 21.1. The molecule has 1 N–H and O–H groups in total. The van der Waals surface area contributed by atoms with E-state index in [4.69, 9.17) is 9.47 Å². The van der Waals surface area contributed by atoms with Gasteiger partial charge in [-0.25, -0.2) is 4.68 Å². The van der Waals surface area contributed by atoms with Crippen LogP contribution in [-0.4, -0.2) is 31.8 Å². The van der Waals surface area contributed by atoms with Gasteiger partial charge >= 0.3 is 0 Å². The first-order valence-electron chi connectivity index (χ1n) is 12.8. The van der Waals surface area contributed by atoms with E-state index in [2.05, 4.69) is 10.3 Å². The molecule has 0 atom stereocenters. The van der Waals surface area contributed by atoms with Crippen LogP contribution in [0.1, 0.15) is 16.8 Å². The molecule has 5 aromatic rings. The minimum atomic E-state index is -0.875. The van der Waals surface area contributed by atoms with Crippen LogP contribution in [0.4, 0.5) is 5.69 Å².